The van der Waals surface area contributed by atoms with Crippen LogP contribution in [0.25, 0.3) is 0 Å². The summed E-state index contributed by atoms with van der Waals surface area (Å²) >= 11 is 0. The standard InChI is InChI=1S/C13H20O/c1-11(7-6-8-12(2)14)13-9-4-3-5-10-13/h3-5,9-12,14H,6-8H2,1-2H3. The Morgan fingerprint density at radius 2 is 1.71 bits per heavy atom. The van der Waals surface area contributed by atoms with Crippen LogP contribution < -0.4 is 0 Å². The highest BCUT2D eigenvalue weighted by Gasteiger charge is 2.05. The largest absolute Gasteiger partial charge is 0.393 e. The van der Waals surface area contributed by atoms with Crippen molar-refractivity contribution in [1.82, 2.24) is 0 Å². The van der Waals surface area contributed by atoms with E-state index in [9.17, 15) is 0 Å². The predicted octanol–water partition coefficient (Wildman–Crippen LogP) is 3.34. The van der Waals surface area contributed by atoms with Gasteiger partial charge in [0, 0.05) is 0 Å². The molecule has 0 saturated heterocycles. The van der Waals surface area contributed by atoms with Crippen LogP contribution in [0.1, 0.15) is 44.6 Å². The first kappa shape index (κ1) is 11.3. The molecule has 0 aliphatic heterocycles. The van der Waals surface area contributed by atoms with Gasteiger partial charge in [-0.15, -0.1) is 0 Å². The van der Waals surface area contributed by atoms with E-state index in [0.29, 0.717) is 5.92 Å². The monoisotopic (exact) mass is 192 g/mol. The molecular formula is C13H20O. The Hall–Kier alpha value is -0.820. The predicted molar refractivity (Wildman–Crippen MR) is 60.4 cm³/mol. The van der Waals surface area contributed by atoms with Crippen molar-refractivity contribution in [2.24, 2.45) is 0 Å². The summed E-state index contributed by atoms with van der Waals surface area (Å²) in [7, 11) is 0. The Morgan fingerprint density at radius 1 is 1.07 bits per heavy atom. The first-order chi connectivity index (χ1) is 6.70. The van der Waals surface area contributed by atoms with Gasteiger partial charge in [-0.25, -0.2) is 0 Å². The zero-order valence-corrected chi connectivity index (χ0v) is 9.11. The lowest BCUT2D eigenvalue weighted by molar-refractivity contribution is 0.180. The second kappa shape index (κ2) is 5.82. The lowest BCUT2D eigenvalue weighted by Gasteiger charge is -2.12. The normalized spacial score (nSPS) is 15.1. The van der Waals surface area contributed by atoms with E-state index < -0.39 is 0 Å². The highest BCUT2D eigenvalue weighted by Crippen LogP contribution is 2.21. The van der Waals surface area contributed by atoms with E-state index in [-0.39, 0.29) is 6.10 Å². The first-order valence-electron chi connectivity index (χ1n) is 5.43. The van der Waals surface area contributed by atoms with Gasteiger partial charge in [0.25, 0.3) is 0 Å². The van der Waals surface area contributed by atoms with Crippen molar-refractivity contribution in [2.75, 3.05) is 0 Å². The Morgan fingerprint density at radius 3 is 2.29 bits per heavy atom. The fourth-order valence-electron chi connectivity index (χ4n) is 1.67. The average molecular weight is 192 g/mol. The lowest BCUT2D eigenvalue weighted by Crippen LogP contribution is -2.00. The number of rotatable bonds is 5. The van der Waals surface area contributed by atoms with E-state index in [4.69, 9.17) is 5.11 Å². The molecule has 1 aromatic carbocycles. The van der Waals surface area contributed by atoms with Crippen molar-refractivity contribution in [1.29, 1.82) is 0 Å². The summed E-state index contributed by atoms with van der Waals surface area (Å²) < 4.78 is 0. The zero-order valence-electron chi connectivity index (χ0n) is 9.11. The fourth-order valence-corrected chi connectivity index (χ4v) is 1.67. The Labute approximate surface area is 86.8 Å². The third-order valence-electron chi connectivity index (χ3n) is 2.63. The molecule has 1 aromatic rings. The molecule has 0 spiro atoms. The minimum atomic E-state index is -0.155. The van der Waals surface area contributed by atoms with Gasteiger partial charge >= 0.3 is 0 Å². The summed E-state index contributed by atoms with van der Waals surface area (Å²) in [5.74, 6) is 0.606. The molecule has 0 amide bonds. The van der Waals surface area contributed by atoms with Crippen molar-refractivity contribution >= 4 is 0 Å². The van der Waals surface area contributed by atoms with Crippen molar-refractivity contribution in [2.45, 2.75) is 45.1 Å². The molecule has 0 radical (unpaired) electrons. The SMILES string of the molecule is CC(O)CCCC(C)c1ccccc1. The van der Waals surface area contributed by atoms with Gasteiger partial charge in [0.1, 0.15) is 0 Å². The Kier molecular flexibility index (Phi) is 4.68. The van der Waals surface area contributed by atoms with Crippen LogP contribution in [0.5, 0.6) is 0 Å². The summed E-state index contributed by atoms with van der Waals surface area (Å²) in [4.78, 5) is 0. The van der Waals surface area contributed by atoms with E-state index in [2.05, 4.69) is 31.2 Å². The molecule has 1 N–H and O–H groups in total. The maximum Gasteiger partial charge on any atom is 0.0512 e. The van der Waals surface area contributed by atoms with Crippen LogP contribution in [-0.4, -0.2) is 11.2 Å². The van der Waals surface area contributed by atoms with Gasteiger partial charge in [0.2, 0.25) is 0 Å². The maximum absolute atomic E-state index is 9.14. The fraction of sp³-hybridized carbons (Fsp3) is 0.538. The number of aliphatic hydroxyl groups excluding tert-OH is 1. The second-order valence-electron chi connectivity index (χ2n) is 4.09. The first-order valence-corrected chi connectivity index (χ1v) is 5.43. The molecular weight excluding hydrogens is 172 g/mol. The zero-order chi connectivity index (χ0) is 10.4. The summed E-state index contributed by atoms with van der Waals surface area (Å²) in [6.45, 7) is 4.10. The molecule has 0 aromatic heterocycles. The van der Waals surface area contributed by atoms with Crippen LogP contribution in [0.15, 0.2) is 30.3 Å². The molecule has 14 heavy (non-hydrogen) atoms. The van der Waals surface area contributed by atoms with Crippen LogP contribution in [0.2, 0.25) is 0 Å². The molecule has 0 bridgehead atoms. The number of hydrogen-bond donors (Lipinski definition) is 1. The molecule has 1 heteroatoms. The van der Waals surface area contributed by atoms with Gasteiger partial charge in [0.05, 0.1) is 6.10 Å². The van der Waals surface area contributed by atoms with E-state index in [1.54, 1.807) is 0 Å². The molecule has 2 atom stereocenters. The highest BCUT2D eigenvalue weighted by molar-refractivity contribution is 5.18. The van der Waals surface area contributed by atoms with Crippen LogP contribution in [0.4, 0.5) is 0 Å². The molecule has 0 saturated carbocycles. The molecule has 1 rings (SSSR count). The van der Waals surface area contributed by atoms with Crippen molar-refractivity contribution in [3.8, 4) is 0 Å². The second-order valence-corrected chi connectivity index (χ2v) is 4.09. The van der Waals surface area contributed by atoms with Gasteiger partial charge in [-0.3, -0.25) is 0 Å². The topological polar surface area (TPSA) is 20.2 Å². The van der Waals surface area contributed by atoms with Crippen molar-refractivity contribution in [3.63, 3.8) is 0 Å². The molecule has 0 heterocycles. The van der Waals surface area contributed by atoms with Gasteiger partial charge in [-0.1, -0.05) is 43.7 Å². The minimum absolute atomic E-state index is 0.155. The summed E-state index contributed by atoms with van der Waals surface area (Å²) in [5, 5.41) is 9.14. The average Bonchev–Trinajstić information content (AvgIpc) is 2.18. The van der Waals surface area contributed by atoms with Crippen LogP contribution in [0, 0.1) is 0 Å². The van der Waals surface area contributed by atoms with Gasteiger partial charge in [-0.05, 0) is 31.2 Å². The van der Waals surface area contributed by atoms with Crippen LogP contribution in [0.3, 0.4) is 0 Å². The summed E-state index contributed by atoms with van der Waals surface area (Å²) in [6.07, 6.45) is 3.03. The van der Waals surface area contributed by atoms with Gasteiger partial charge < -0.3 is 5.11 Å². The molecule has 2 unspecified atom stereocenters. The van der Waals surface area contributed by atoms with Crippen LogP contribution >= 0.6 is 0 Å². The van der Waals surface area contributed by atoms with E-state index in [1.807, 2.05) is 13.0 Å². The van der Waals surface area contributed by atoms with Gasteiger partial charge in [-0.2, -0.15) is 0 Å². The number of hydrogen-bond acceptors (Lipinski definition) is 1. The number of aliphatic hydroxyl groups is 1. The van der Waals surface area contributed by atoms with Crippen molar-refractivity contribution < 1.29 is 5.11 Å². The molecule has 1 nitrogen and oxygen atoms in total. The highest BCUT2D eigenvalue weighted by atomic mass is 16.3. The van der Waals surface area contributed by atoms with Crippen molar-refractivity contribution in [3.05, 3.63) is 35.9 Å². The van der Waals surface area contributed by atoms with E-state index >= 15 is 0 Å². The summed E-state index contributed by atoms with van der Waals surface area (Å²) in [5.41, 5.74) is 1.40. The van der Waals surface area contributed by atoms with Crippen LogP contribution in [-0.2, 0) is 0 Å². The van der Waals surface area contributed by atoms with Gasteiger partial charge in [0.15, 0.2) is 0 Å². The minimum Gasteiger partial charge on any atom is -0.393 e. The third-order valence-corrected chi connectivity index (χ3v) is 2.63. The Balaban J connectivity index is 2.32. The summed E-state index contributed by atoms with van der Waals surface area (Å²) in [6, 6.07) is 10.6. The lowest BCUT2D eigenvalue weighted by atomic mass is 9.95. The van der Waals surface area contributed by atoms with E-state index in [1.165, 1.54) is 5.56 Å². The molecule has 0 aliphatic rings. The smallest absolute Gasteiger partial charge is 0.0512 e. The molecule has 0 aliphatic carbocycles. The number of benzene rings is 1. The molecule has 0 fully saturated rings. The quantitative estimate of drug-likeness (QED) is 0.758. The third kappa shape index (κ3) is 3.93. The Bertz CT molecular complexity index is 241. The molecule has 78 valence electrons. The maximum atomic E-state index is 9.14. The van der Waals surface area contributed by atoms with E-state index in [0.717, 1.165) is 19.3 Å².